The Morgan fingerprint density at radius 3 is 2.86 bits per heavy atom. The van der Waals surface area contributed by atoms with E-state index in [2.05, 4.69) is 26.7 Å². The molecule has 0 aliphatic carbocycles. The third-order valence-electron chi connectivity index (χ3n) is 5.03. The Hall–Kier alpha value is -3.80. The summed E-state index contributed by atoms with van der Waals surface area (Å²) in [5.74, 6) is 1.78. The molecular weight excluding hydrogens is 372 g/mol. The number of piperidine rings is 1. The van der Waals surface area contributed by atoms with E-state index in [1.807, 2.05) is 24.3 Å². The molecule has 0 unspecified atom stereocenters. The molecule has 0 atom stereocenters. The van der Waals surface area contributed by atoms with Crippen molar-refractivity contribution in [2.75, 3.05) is 30.3 Å². The van der Waals surface area contributed by atoms with Crippen molar-refractivity contribution in [2.45, 2.75) is 12.8 Å². The highest BCUT2D eigenvalue weighted by molar-refractivity contribution is 5.81. The Labute approximate surface area is 167 Å². The van der Waals surface area contributed by atoms with Gasteiger partial charge in [-0.15, -0.1) is 0 Å². The molecule has 0 radical (unpaired) electrons. The number of para-hydroxylation sites is 2. The molecule has 0 saturated carbocycles. The van der Waals surface area contributed by atoms with E-state index in [0.717, 1.165) is 18.5 Å². The van der Waals surface area contributed by atoms with E-state index in [9.17, 15) is 10.1 Å². The fourth-order valence-electron chi connectivity index (χ4n) is 3.40. The van der Waals surface area contributed by atoms with E-state index in [-0.39, 0.29) is 0 Å². The van der Waals surface area contributed by atoms with Gasteiger partial charge in [-0.2, -0.15) is 5.26 Å². The highest BCUT2D eigenvalue weighted by Crippen LogP contribution is 2.35. The minimum absolute atomic E-state index is 0.293. The average Bonchev–Trinajstić information content (AvgIpc) is 3.17. The van der Waals surface area contributed by atoms with Gasteiger partial charge in [-0.3, -0.25) is 0 Å². The standard InChI is InChI=1S/C20H20N6O3/c21-11-14(18-24-16-3-1-2-4-17(16)29-18)15-5-8-22-19(25-15)23-12-13-6-9-26(10-7-13)20(27)28/h1-5,8,13,24H,6-7,9-10,12H2,(H,27,28)(H,22,23,25)/b18-14+. The molecule has 2 aliphatic rings. The normalized spacial score (nSPS) is 17.6. The molecule has 148 valence electrons. The minimum Gasteiger partial charge on any atom is -0.465 e. The molecule has 1 aromatic carbocycles. The quantitative estimate of drug-likeness (QED) is 0.679. The summed E-state index contributed by atoms with van der Waals surface area (Å²) in [6.07, 6.45) is 2.32. The number of carboxylic acid groups (broad SMARTS) is 1. The van der Waals surface area contributed by atoms with Crippen LogP contribution in [0.3, 0.4) is 0 Å². The van der Waals surface area contributed by atoms with Gasteiger partial charge < -0.3 is 25.4 Å². The first kappa shape index (κ1) is 18.6. The predicted molar refractivity (Wildman–Crippen MR) is 106 cm³/mol. The van der Waals surface area contributed by atoms with Crippen molar-refractivity contribution in [2.24, 2.45) is 5.92 Å². The Kier molecular flexibility index (Phi) is 5.16. The van der Waals surface area contributed by atoms with Crippen LogP contribution >= 0.6 is 0 Å². The van der Waals surface area contributed by atoms with Gasteiger partial charge in [-0.25, -0.2) is 14.8 Å². The van der Waals surface area contributed by atoms with Gasteiger partial charge in [-0.05, 0) is 37.0 Å². The summed E-state index contributed by atoms with van der Waals surface area (Å²) in [5, 5.41) is 25.0. The topological polar surface area (TPSA) is 123 Å². The molecule has 1 fully saturated rings. The maximum absolute atomic E-state index is 11.0. The summed E-state index contributed by atoms with van der Waals surface area (Å²) < 4.78 is 5.75. The fourth-order valence-corrected chi connectivity index (χ4v) is 3.40. The van der Waals surface area contributed by atoms with Gasteiger partial charge in [0.25, 0.3) is 0 Å². The summed E-state index contributed by atoms with van der Waals surface area (Å²) in [5.41, 5.74) is 1.55. The van der Waals surface area contributed by atoms with Gasteiger partial charge in [0, 0.05) is 25.8 Å². The lowest BCUT2D eigenvalue weighted by Gasteiger charge is -2.29. The molecule has 1 amide bonds. The maximum atomic E-state index is 11.0. The molecule has 0 spiro atoms. The largest absolute Gasteiger partial charge is 0.465 e. The maximum Gasteiger partial charge on any atom is 0.407 e. The molecule has 3 heterocycles. The molecule has 3 N–H and O–H groups in total. The van der Waals surface area contributed by atoms with Gasteiger partial charge in [0.15, 0.2) is 5.75 Å². The summed E-state index contributed by atoms with van der Waals surface area (Å²) >= 11 is 0. The Morgan fingerprint density at radius 1 is 1.34 bits per heavy atom. The lowest BCUT2D eigenvalue weighted by atomic mass is 9.97. The zero-order valence-electron chi connectivity index (χ0n) is 15.6. The number of nitrogens with one attached hydrogen (secondary N) is 2. The zero-order chi connectivity index (χ0) is 20.2. The third-order valence-corrected chi connectivity index (χ3v) is 5.03. The van der Waals surface area contributed by atoms with Crippen LogP contribution in [0, 0.1) is 17.2 Å². The number of aromatic nitrogens is 2. The first-order valence-corrected chi connectivity index (χ1v) is 9.37. The van der Waals surface area contributed by atoms with Crippen molar-refractivity contribution in [1.29, 1.82) is 5.26 Å². The van der Waals surface area contributed by atoms with Crippen molar-refractivity contribution in [3.63, 3.8) is 0 Å². The molecule has 9 nitrogen and oxygen atoms in total. The van der Waals surface area contributed by atoms with Crippen LogP contribution in [0.4, 0.5) is 16.4 Å². The number of nitriles is 1. The van der Waals surface area contributed by atoms with E-state index in [1.165, 1.54) is 4.90 Å². The van der Waals surface area contributed by atoms with Gasteiger partial charge in [0.2, 0.25) is 11.8 Å². The number of allylic oxidation sites excluding steroid dienone is 1. The number of nitrogens with zero attached hydrogens (tertiary/aromatic N) is 4. The highest BCUT2D eigenvalue weighted by Gasteiger charge is 2.23. The number of fused-ring (bicyclic) bond motifs is 1. The summed E-state index contributed by atoms with van der Waals surface area (Å²) in [6.45, 7) is 1.73. The smallest absolute Gasteiger partial charge is 0.407 e. The van der Waals surface area contributed by atoms with Crippen LogP contribution in [0.2, 0.25) is 0 Å². The first-order chi connectivity index (χ1) is 14.1. The van der Waals surface area contributed by atoms with Crippen LogP contribution in [0.25, 0.3) is 5.57 Å². The van der Waals surface area contributed by atoms with Crippen molar-refractivity contribution in [3.05, 3.63) is 48.1 Å². The number of hydrogen-bond acceptors (Lipinski definition) is 7. The molecule has 2 aromatic rings. The van der Waals surface area contributed by atoms with Crippen molar-refractivity contribution in [1.82, 2.24) is 14.9 Å². The Morgan fingerprint density at radius 2 is 2.14 bits per heavy atom. The third kappa shape index (κ3) is 4.06. The van der Waals surface area contributed by atoms with Crippen molar-refractivity contribution < 1.29 is 14.6 Å². The molecule has 2 aliphatic heterocycles. The molecule has 4 rings (SSSR count). The van der Waals surface area contributed by atoms with Crippen LogP contribution in [-0.2, 0) is 0 Å². The monoisotopic (exact) mass is 392 g/mol. The van der Waals surface area contributed by atoms with E-state index >= 15 is 0 Å². The van der Waals surface area contributed by atoms with E-state index < -0.39 is 6.09 Å². The zero-order valence-corrected chi connectivity index (χ0v) is 15.6. The summed E-state index contributed by atoms with van der Waals surface area (Å²) in [4.78, 5) is 21.1. The Bertz CT molecular complexity index is 965. The molecule has 9 heteroatoms. The van der Waals surface area contributed by atoms with E-state index in [0.29, 0.717) is 54.4 Å². The molecule has 29 heavy (non-hydrogen) atoms. The summed E-state index contributed by atoms with van der Waals surface area (Å²) in [6, 6.07) is 11.3. The van der Waals surface area contributed by atoms with Crippen LogP contribution < -0.4 is 15.4 Å². The number of hydrogen-bond donors (Lipinski definition) is 3. The number of rotatable bonds is 4. The Balaban J connectivity index is 1.43. The lowest BCUT2D eigenvalue weighted by Crippen LogP contribution is -2.39. The second-order valence-corrected chi connectivity index (χ2v) is 6.90. The average molecular weight is 392 g/mol. The van der Waals surface area contributed by atoms with Gasteiger partial charge in [0.05, 0.1) is 11.4 Å². The second kappa shape index (κ2) is 8.06. The SMILES string of the molecule is N#C/C(=C1/Nc2ccccc2O1)c1ccnc(NCC2CCN(C(=O)O)CC2)n1. The van der Waals surface area contributed by atoms with Gasteiger partial charge >= 0.3 is 6.09 Å². The number of ether oxygens (including phenoxy) is 1. The molecular formula is C20H20N6O3. The van der Waals surface area contributed by atoms with E-state index in [4.69, 9.17) is 9.84 Å². The van der Waals surface area contributed by atoms with Crippen LogP contribution in [0.5, 0.6) is 5.75 Å². The van der Waals surface area contributed by atoms with Gasteiger partial charge in [0.1, 0.15) is 11.6 Å². The van der Waals surface area contributed by atoms with E-state index in [1.54, 1.807) is 12.3 Å². The van der Waals surface area contributed by atoms with Crippen LogP contribution in [0.15, 0.2) is 42.4 Å². The molecule has 0 bridgehead atoms. The molecule has 1 aromatic heterocycles. The van der Waals surface area contributed by atoms with Crippen molar-refractivity contribution >= 4 is 23.3 Å². The number of carbonyl (C=O) groups is 1. The number of anilines is 2. The van der Waals surface area contributed by atoms with Crippen molar-refractivity contribution in [3.8, 4) is 11.8 Å². The minimum atomic E-state index is -0.866. The number of benzene rings is 1. The highest BCUT2D eigenvalue weighted by atomic mass is 16.5. The van der Waals surface area contributed by atoms with Crippen LogP contribution in [-0.4, -0.2) is 45.7 Å². The fraction of sp³-hybridized carbons (Fsp3) is 0.300. The summed E-state index contributed by atoms with van der Waals surface area (Å²) in [7, 11) is 0. The van der Waals surface area contributed by atoms with Crippen LogP contribution in [0.1, 0.15) is 18.5 Å². The number of likely N-dealkylation sites (tertiary alicyclic amines) is 1. The second-order valence-electron chi connectivity index (χ2n) is 6.90. The number of amides is 1. The lowest BCUT2D eigenvalue weighted by molar-refractivity contribution is 0.126. The van der Waals surface area contributed by atoms with Gasteiger partial charge in [-0.1, -0.05) is 12.1 Å². The first-order valence-electron chi connectivity index (χ1n) is 9.37. The molecule has 1 saturated heterocycles. The predicted octanol–water partition coefficient (Wildman–Crippen LogP) is 2.98.